The van der Waals surface area contributed by atoms with Crippen LogP contribution in [0.25, 0.3) is 0 Å². The van der Waals surface area contributed by atoms with Crippen molar-refractivity contribution in [3.05, 3.63) is 59.7 Å². The van der Waals surface area contributed by atoms with Gasteiger partial charge in [0, 0.05) is 30.6 Å². The summed E-state index contributed by atoms with van der Waals surface area (Å²) in [4.78, 5) is 19.1. The SMILES string of the molecule is CCN(CC)CCN=C(Nc1ccc(C(CC(N)=O)c2ccc(OC)cc2)cc1)NC1CCCCC1. The summed E-state index contributed by atoms with van der Waals surface area (Å²) in [5, 5.41) is 7.17. The number of primary amides is 1. The van der Waals surface area contributed by atoms with Gasteiger partial charge >= 0.3 is 0 Å². The van der Waals surface area contributed by atoms with Gasteiger partial charge in [-0.25, -0.2) is 0 Å². The first-order valence-electron chi connectivity index (χ1n) is 13.3. The Balaban J connectivity index is 1.74. The summed E-state index contributed by atoms with van der Waals surface area (Å²) in [7, 11) is 1.64. The van der Waals surface area contributed by atoms with Gasteiger partial charge in [-0.3, -0.25) is 9.79 Å². The number of nitrogens with two attached hydrogens (primary N) is 1. The molecule has 2 aromatic carbocycles. The standard InChI is InChI=1S/C29H43N5O2/c1-4-34(5-2)20-19-31-29(32-24-9-7-6-8-10-24)33-25-15-11-22(12-16-25)27(21-28(30)35)23-13-17-26(36-3)18-14-23/h11-18,24,27H,4-10,19-21H2,1-3H3,(H2,30,35)(H2,31,32,33). The van der Waals surface area contributed by atoms with Crippen LogP contribution in [0.4, 0.5) is 5.69 Å². The van der Waals surface area contributed by atoms with Crippen molar-refractivity contribution in [1.82, 2.24) is 10.2 Å². The molecule has 2 aromatic rings. The summed E-state index contributed by atoms with van der Waals surface area (Å²) in [6, 6.07) is 16.5. The number of nitrogens with one attached hydrogen (secondary N) is 2. The number of hydrogen-bond donors (Lipinski definition) is 3. The van der Waals surface area contributed by atoms with E-state index in [-0.39, 0.29) is 18.2 Å². The lowest BCUT2D eigenvalue weighted by Gasteiger charge is -2.25. The van der Waals surface area contributed by atoms with Crippen LogP contribution in [0.2, 0.25) is 0 Å². The van der Waals surface area contributed by atoms with E-state index in [4.69, 9.17) is 15.5 Å². The van der Waals surface area contributed by atoms with E-state index < -0.39 is 0 Å². The Morgan fingerprint density at radius 3 is 2.19 bits per heavy atom. The van der Waals surface area contributed by atoms with Crippen molar-refractivity contribution in [1.29, 1.82) is 0 Å². The number of nitrogens with zero attached hydrogens (tertiary/aromatic N) is 2. The monoisotopic (exact) mass is 493 g/mol. The highest BCUT2D eigenvalue weighted by molar-refractivity contribution is 5.93. The number of carbonyl (C=O) groups is 1. The zero-order valence-corrected chi connectivity index (χ0v) is 22.1. The van der Waals surface area contributed by atoms with Crippen molar-refractivity contribution in [2.24, 2.45) is 10.7 Å². The third-order valence-electron chi connectivity index (χ3n) is 7.03. The van der Waals surface area contributed by atoms with E-state index in [1.165, 1.54) is 32.1 Å². The van der Waals surface area contributed by atoms with Gasteiger partial charge in [-0.1, -0.05) is 57.4 Å². The Morgan fingerprint density at radius 1 is 1.03 bits per heavy atom. The minimum absolute atomic E-state index is 0.106. The van der Waals surface area contributed by atoms with Crippen molar-refractivity contribution in [2.45, 2.75) is 64.3 Å². The number of anilines is 1. The van der Waals surface area contributed by atoms with Crippen LogP contribution in [0.1, 0.15) is 69.4 Å². The van der Waals surface area contributed by atoms with Crippen molar-refractivity contribution in [3.8, 4) is 5.75 Å². The number of rotatable bonds is 12. The van der Waals surface area contributed by atoms with Crippen molar-refractivity contribution in [3.63, 3.8) is 0 Å². The smallest absolute Gasteiger partial charge is 0.218 e. The van der Waals surface area contributed by atoms with Crippen LogP contribution in [-0.4, -0.2) is 56.1 Å². The summed E-state index contributed by atoms with van der Waals surface area (Å²) in [5.74, 6) is 1.20. The number of aliphatic imine (C=N–C) groups is 1. The minimum atomic E-state index is -0.322. The lowest BCUT2D eigenvalue weighted by molar-refractivity contribution is -0.118. The summed E-state index contributed by atoms with van der Waals surface area (Å²) in [6.45, 7) is 8.14. The van der Waals surface area contributed by atoms with E-state index in [9.17, 15) is 4.79 Å². The largest absolute Gasteiger partial charge is 0.497 e. The van der Waals surface area contributed by atoms with Crippen LogP contribution in [0.15, 0.2) is 53.5 Å². The fourth-order valence-corrected chi connectivity index (χ4v) is 4.81. The van der Waals surface area contributed by atoms with Gasteiger partial charge in [0.2, 0.25) is 5.91 Å². The van der Waals surface area contributed by atoms with E-state index in [1.807, 2.05) is 24.3 Å². The molecule has 0 radical (unpaired) electrons. The second-order valence-electron chi connectivity index (χ2n) is 9.48. The molecule has 1 saturated carbocycles. The van der Waals surface area contributed by atoms with Crippen LogP contribution in [-0.2, 0) is 4.79 Å². The van der Waals surface area contributed by atoms with E-state index in [0.717, 1.165) is 54.7 Å². The molecule has 1 unspecified atom stereocenters. The predicted molar refractivity (Wildman–Crippen MR) is 149 cm³/mol. The Kier molecular flexibility index (Phi) is 11.1. The molecule has 7 nitrogen and oxygen atoms in total. The van der Waals surface area contributed by atoms with Crippen LogP contribution in [0, 0.1) is 0 Å². The normalized spacial score (nSPS) is 15.5. The number of likely N-dealkylation sites (N-methyl/N-ethyl adjacent to an activating group) is 1. The second-order valence-corrected chi connectivity index (χ2v) is 9.48. The fourth-order valence-electron chi connectivity index (χ4n) is 4.81. The maximum atomic E-state index is 11.8. The molecule has 0 aromatic heterocycles. The van der Waals surface area contributed by atoms with E-state index in [0.29, 0.717) is 6.04 Å². The molecule has 1 aliphatic rings. The number of benzene rings is 2. The lowest BCUT2D eigenvalue weighted by atomic mass is 9.88. The van der Waals surface area contributed by atoms with Crippen LogP contribution < -0.4 is 21.1 Å². The van der Waals surface area contributed by atoms with Gasteiger partial charge in [0.15, 0.2) is 5.96 Å². The lowest BCUT2D eigenvalue weighted by Crippen LogP contribution is -2.40. The third-order valence-corrected chi connectivity index (χ3v) is 7.03. The summed E-state index contributed by atoms with van der Waals surface area (Å²) in [6.07, 6.45) is 6.48. The molecule has 0 bridgehead atoms. The molecular weight excluding hydrogens is 450 g/mol. The maximum absolute atomic E-state index is 11.8. The summed E-state index contributed by atoms with van der Waals surface area (Å²) >= 11 is 0. The molecule has 3 rings (SSSR count). The molecule has 196 valence electrons. The van der Waals surface area contributed by atoms with Gasteiger partial charge in [-0.2, -0.15) is 0 Å². The molecule has 0 spiro atoms. The molecule has 0 aliphatic heterocycles. The first-order valence-corrected chi connectivity index (χ1v) is 13.3. The Hall–Kier alpha value is -3.06. The predicted octanol–water partition coefficient (Wildman–Crippen LogP) is 4.73. The first kappa shape index (κ1) is 27.5. The zero-order valence-electron chi connectivity index (χ0n) is 22.1. The van der Waals surface area contributed by atoms with Crippen LogP contribution in [0.5, 0.6) is 5.75 Å². The number of amides is 1. The zero-order chi connectivity index (χ0) is 25.8. The quantitative estimate of drug-likeness (QED) is 0.294. The Morgan fingerprint density at radius 2 is 1.64 bits per heavy atom. The molecule has 0 heterocycles. The van der Waals surface area contributed by atoms with Gasteiger partial charge in [-0.05, 0) is 61.3 Å². The van der Waals surface area contributed by atoms with Crippen LogP contribution in [0.3, 0.4) is 0 Å². The van der Waals surface area contributed by atoms with Gasteiger partial charge < -0.3 is 26.0 Å². The highest BCUT2D eigenvalue weighted by Crippen LogP contribution is 2.30. The highest BCUT2D eigenvalue weighted by atomic mass is 16.5. The number of guanidine groups is 1. The van der Waals surface area contributed by atoms with Gasteiger partial charge in [0.05, 0.1) is 13.7 Å². The molecule has 4 N–H and O–H groups in total. The van der Waals surface area contributed by atoms with Crippen molar-refractivity contribution < 1.29 is 9.53 Å². The first-order chi connectivity index (χ1) is 17.5. The molecule has 1 atom stereocenters. The summed E-state index contributed by atoms with van der Waals surface area (Å²) in [5.41, 5.74) is 8.64. The number of methoxy groups -OCH3 is 1. The molecule has 36 heavy (non-hydrogen) atoms. The molecule has 1 fully saturated rings. The topological polar surface area (TPSA) is 92.0 Å². The molecule has 0 saturated heterocycles. The third kappa shape index (κ3) is 8.55. The van der Waals surface area contributed by atoms with Gasteiger partial charge in [0.25, 0.3) is 0 Å². The molecule has 1 aliphatic carbocycles. The van der Waals surface area contributed by atoms with Gasteiger partial charge in [0.1, 0.15) is 5.75 Å². The maximum Gasteiger partial charge on any atom is 0.218 e. The average molecular weight is 494 g/mol. The van der Waals surface area contributed by atoms with Crippen LogP contribution >= 0.6 is 0 Å². The molecular formula is C29H43N5O2. The van der Waals surface area contributed by atoms with E-state index in [2.05, 4.69) is 53.6 Å². The van der Waals surface area contributed by atoms with Crippen molar-refractivity contribution in [2.75, 3.05) is 38.6 Å². The van der Waals surface area contributed by atoms with Gasteiger partial charge in [-0.15, -0.1) is 0 Å². The van der Waals surface area contributed by atoms with E-state index >= 15 is 0 Å². The molecule has 7 heteroatoms. The second kappa shape index (κ2) is 14.5. The Labute approximate surface area is 216 Å². The summed E-state index contributed by atoms with van der Waals surface area (Å²) < 4.78 is 5.28. The number of hydrogen-bond acceptors (Lipinski definition) is 4. The number of ether oxygens (including phenoxy) is 1. The molecule has 1 amide bonds. The number of carbonyl (C=O) groups excluding carboxylic acids is 1. The highest BCUT2D eigenvalue weighted by Gasteiger charge is 2.18. The average Bonchev–Trinajstić information content (AvgIpc) is 2.91. The minimum Gasteiger partial charge on any atom is -0.497 e. The Bertz CT molecular complexity index is 949. The van der Waals surface area contributed by atoms with E-state index in [1.54, 1.807) is 7.11 Å². The fraction of sp³-hybridized carbons (Fsp3) is 0.517. The van der Waals surface area contributed by atoms with Crippen molar-refractivity contribution >= 4 is 17.6 Å².